The van der Waals surface area contributed by atoms with Crippen molar-refractivity contribution in [2.75, 3.05) is 6.26 Å². The van der Waals surface area contributed by atoms with Crippen molar-refractivity contribution in [3.8, 4) is 0 Å². The minimum Gasteiger partial charge on any atom is -0.324 e. The highest BCUT2D eigenvalue weighted by molar-refractivity contribution is 7.99. The molecule has 110 valence electrons. The fourth-order valence-corrected chi connectivity index (χ4v) is 2.78. The van der Waals surface area contributed by atoms with Crippen molar-refractivity contribution in [2.24, 2.45) is 10.9 Å². The van der Waals surface area contributed by atoms with Gasteiger partial charge in [0.25, 0.3) is 0 Å². The zero-order valence-corrected chi connectivity index (χ0v) is 12.4. The molecule has 0 amide bonds. The van der Waals surface area contributed by atoms with Crippen molar-refractivity contribution in [2.45, 2.75) is 37.8 Å². The van der Waals surface area contributed by atoms with E-state index >= 15 is 0 Å². The van der Waals surface area contributed by atoms with E-state index < -0.39 is 11.2 Å². The fraction of sp³-hybridized carbons (Fsp3) is 0.615. The van der Waals surface area contributed by atoms with E-state index in [4.69, 9.17) is 4.89 Å². The molecule has 0 aromatic rings. The van der Waals surface area contributed by atoms with Gasteiger partial charge in [-0.3, -0.25) is 9.68 Å². The van der Waals surface area contributed by atoms with Gasteiger partial charge in [-0.05, 0) is 25.2 Å². The summed E-state index contributed by atoms with van der Waals surface area (Å²) in [6.07, 6.45) is 8.91. The number of carbonyl (C=O) groups excluding carboxylic acids is 2. The van der Waals surface area contributed by atoms with Gasteiger partial charge in [0.1, 0.15) is 0 Å². The number of allylic oxidation sites excluding steroid dienone is 2. The lowest BCUT2D eigenvalue weighted by Crippen LogP contribution is -2.46. The Bertz CT molecular complexity index is 457. The molecule has 0 aromatic heterocycles. The van der Waals surface area contributed by atoms with E-state index in [1.54, 1.807) is 12.3 Å². The van der Waals surface area contributed by atoms with Crippen LogP contribution in [0.5, 0.6) is 0 Å². The van der Waals surface area contributed by atoms with E-state index in [1.807, 2.05) is 0 Å². The van der Waals surface area contributed by atoms with E-state index in [0.717, 1.165) is 25.7 Å². The summed E-state index contributed by atoms with van der Waals surface area (Å²) in [4.78, 5) is 36.9. The van der Waals surface area contributed by atoms with Crippen LogP contribution in [0, 0.1) is 5.92 Å². The molecule has 2 rings (SSSR count). The molecule has 1 atom stereocenters. The molecule has 0 spiro atoms. The molecule has 0 bridgehead atoms. The third-order valence-corrected chi connectivity index (χ3v) is 4.15. The predicted molar refractivity (Wildman–Crippen MR) is 75.8 cm³/mol. The van der Waals surface area contributed by atoms with Gasteiger partial charge in [-0.1, -0.05) is 24.6 Å². The zero-order chi connectivity index (χ0) is 14.6. The Morgan fingerprint density at radius 3 is 2.75 bits per heavy atom. The number of nitrogens with one attached hydrogen (secondary N) is 1. The second-order valence-corrected chi connectivity index (χ2v) is 5.73. The molecule has 1 aliphatic carbocycles. The molecule has 7 heteroatoms. The van der Waals surface area contributed by atoms with Crippen LogP contribution in [0.2, 0.25) is 0 Å². The number of rotatable bonds is 5. The highest BCUT2D eigenvalue weighted by Gasteiger charge is 2.37. The van der Waals surface area contributed by atoms with Gasteiger partial charge in [0.15, 0.2) is 5.78 Å². The van der Waals surface area contributed by atoms with Crippen molar-refractivity contribution >= 4 is 29.7 Å². The van der Waals surface area contributed by atoms with Crippen LogP contribution in [0.3, 0.4) is 0 Å². The maximum Gasteiger partial charge on any atom is 0.339 e. The smallest absolute Gasteiger partial charge is 0.324 e. The maximum atomic E-state index is 12.4. The van der Waals surface area contributed by atoms with Crippen molar-refractivity contribution in [1.82, 2.24) is 5.32 Å². The van der Waals surface area contributed by atoms with Gasteiger partial charge in [0.05, 0.1) is 5.70 Å². The third-order valence-electron chi connectivity index (χ3n) is 3.32. The molecule has 20 heavy (non-hydrogen) atoms. The van der Waals surface area contributed by atoms with Crippen LogP contribution in [0.25, 0.3) is 0 Å². The van der Waals surface area contributed by atoms with Gasteiger partial charge in [-0.25, -0.2) is 9.79 Å². The van der Waals surface area contributed by atoms with Crippen LogP contribution in [0.1, 0.15) is 32.6 Å². The summed E-state index contributed by atoms with van der Waals surface area (Å²) >= 11 is 1.20. The lowest BCUT2D eigenvalue weighted by atomic mass is 9.99. The molecule has 1 saturated carbocycles. The summed E-state index contributed by atoms with van der Waals surface area (Å²) in [5.74, 6) is -0.444. The molecular weight excluding hydrogens is 280 g/mol. The monoisotopic (exact) mass is 298 g/mol. The Morgan fingerprint density at radius 1 is 1.45 bits per heavy atom. The normalized spacial score (nSPS) is 26.0. The van der Waals surface area contributed by atoms with E-state index in [9.17, 15) is 9.59 Å². The first-order chi connectivity index (χ1) is 9.56. The lowest BCUT2D eigenvalue weighted by Gasteiger charge is -2.30. The number of carbonyl (C=O) groups is 2. The van der Waals surface area contributed by atoms with E-state index in [1.165, 1.54) is 24.9 Å². The molecule has 0 saturated heterocycles. The Balaban J connectivity index is 2.05. The molecule has 6 nitrogen and oxygen atoms in total. The first-order valence-corrected chi connectivity index (χ1v) is 7.78. The Morgan fingerprint density at radius 2 is 2.15 bits per heavy atom. The summed E-state index contributed by atoms with van der Waals surface area (Å²) in [5, 5.41) is 1.64. The molecule has 1 heterocycles. The van der Waals surface area contributed by atoms with Crippen LogP contribution in [0.15, 0.2) is 16.8 Å². The molecule has 1 N–H and O–H groups in total. The minimum absolute atomic E-state index is 0.0635. The van der Waals surface area contributed by atoms with Gasteiger partial charge in [-0.15, -0.1) is 4.89 Å². The third kappa shape index (κ3) is 3.40. The summed E-state index contributed by atoms with van der Waals surface area (Å²) in [6.45, 7) is 1.24. The summed E-state index contributed by atoms with van der Waals surface area (Å²) in [5.41, 5.74) is 0.452. The number of thioether (sulfide) groups is 1. The molecular formula is C13H18N2O4S. The van der Waals surface area contributed by atoms with Crippen molar-refractivity contribution in [3.05, 3.63) is 11.8 Å². The average molecular weight is 298 g/mol. The fourth-order valence-electron chi connectivity index (χ4n) is 2.30. The van der Waals surface area contributed by atoms with Gasteiger partial charge in [0.2, 0.25) is 0 Å². The van der Waals surface area contributed by atoms with Crippen LogP contribution >= 0.6 is 11.8 Å². The van der Waals surface area contributed by atoms with Crippen LogP contribution in [-0.2, 0) is 19.4 Å². The van der Waals surface area contributed by atoms with E-state index in [-0.39, 0.29) is 11.7 Å². The number of aliphatic imine (C=N–C) groups is 1. The highest BCUT2D eigenvalue weighted by Crippen LogP contribution is 2.31. The van der Waals surface area contributed by atoms with Crippen LogP contribution in [0.4, 0.5) is 0 Å². The predicted octanol–water partition coefficient (Wildman–Crippen LogP) is 1.77. The van der Waals surface area contributed by atoms with Crippen molar-refractivity contribution < 1.29 is 19.4 Å². The number of Topliss-reactive ketones (excluding diaryl/α,β-unsaturated/α-hetero) is 1. The standard InChI is InChI=1S/C13H18N2O4S/c1-9(16)18-19-13(20-2)14-8-7-11(15-13)12(17)10-5-3-4-6-10/h7-8,10,15H,3-6H2,1-2H3. The van der Waals surface area contributed by atoms with Gasteiger partial charge < -0.3 is 5.32 Å². The number of ketones is 1. The summed E-state index contributed by atoms with van der Waals surface area (Å²) in [7, 11) is 0. The first-order valence-electron chi connectivity index (χ1n) is 6.55. The average Bonchev–Trinajstić information content (AvgIpc) is 2.99. The molecule has 1 fully saturated rings. The number of hydrogen-bond acceptors (Lipinski definition) is 7. The molecule has 2 aliphatic rings. The molecule has 0 radical (unpaired) electrons. The lowest BCUT2D eigenvalue weighted by molar-refractivity contribution is -0.309. The summed E-state index contributed by atoms with van der Waals surface area (Å²) < 4.78 is 0. The second-order valence-electron chi connectivity index (χ2n) is 4.77. The minimum atomic E-state index is -1.29. The SMILES string of the molecule is CSC1(OOC(C)=O)N=CC=C(C(=O)C2CCCC2)N1. The van der Waals surface area contributed by atoms with Crippen molar-refractivity contribution in [1.29, 1.82) is 0 Å². The Labute approximate surface area is 121 Å². The number of hydrogen-bond donors (Lipinski definition) is 1. The topological polar surface area (TPSA) is 77.0 Å². The van der Waals surface area contributed by atoms with E-state index in [2.05, 4.69) is 15.2 Å². The van der Waals surface area contributed by atoms with Crippen LogP contribution < -0.4 is 5.32 Å². The first kappa shape index (κ1) is 15.1. The maximum absolute atomic E-state index is 12.4. The van der Waals surface area contributed by atoms with E-state index in [0.29, 0.717) is 5.70 Å². The zero-order valence-electron chi connectivity index (χ0n) is 11.5. The Hall–Kier alpha value is -1.34. The Kier molecular flexibility index (Phi) is 4.82. The highest BCUT2D eigenvalue weighted by atomic mass is 32.2. The molecule has 1 unspecified atom stereocenters. The second kappa shape index (κ2) is 6.41. The van der Waals surface area contributed by atoms with Gasteiger partial charge in [-0.2, -0.15) is 0 Å². The summed E-state index contributed by atoms with van der Waals surface area (Å²) in [6, 6.07) is 0. The number of nitrogens with zero attached hydrogens (tertiary/aromatic N) is 1. The van der Waals surface area contributed by atoms with Crippen LogP contribution in [-0.4, -0.2) is 29.4 Å². The largest absolute Gasteiger partial charge is 0.339 e. The quantitative estimate of drug-likeness (QED) is 0.473. The molecule has 0 aromatic carbocycles. The molecule has 1 aliphatic heterocycles. The van der Waals surface area contributed by atoms with Crippen molar-refractivity contribution in [3.63, 3.8) is 0 Å². The van der Waals surface area contributed by atoms with Gasteiger partial charge >= 0.3 is 11.2 Å². The van der Waals surface area contributed by atoms with Gasteiger partial charge in [0, 0.05) is 19.1 Å².